The number of nitrogen functional groups attached to an aromatic ring is 4. The van der Waals surface area contributed by atoms with Crippen LogP contribution in [0.25, 0.3) is 40.3 Å². The van der Waals surface area contributed by atoms with E-state index >= 15 is 0 Å². The summed E-state index contributed by atoms with van der Waals surface area (Å²) in [6.07, 6.45) is 6.53. The number of nitrogens with one attached hydrogen (secondary N) is 4. The van der Waals surface area contributed by atoms with Gasteiger partial charge in [0, 0.05) is 168 Å². The van der Waals surface area contributed by atoms with Gasteiger partial charge in [0.2, 0.25) is 0 Å². The molecular weight excluding hydrogens is 1740 g/mol. The minimum Gasteiger partial charge on any atom is -0.491 e. The van der Waals surface area contributed by atoms with Gasteiger partial charge in [0.05, 0.1) is 98.8 Å². The van der Waals surface area contributed by atoms with Crippen LogP contribution in [0.1, 0.15) is 95.9 Å². The van der Waals surface area contributed by atoms with Crippen LogP contribution in [0.4, 0.5) is 45.5 Å². The molecule has 4 fully saturated rings. The van der Waals surface area contributed by atoms with Crippen molar-refractivity contribution in [3.05, 3.63) is 167 Å². The Bertz CT molecular complexity index is 6000. The predicted octanol–water partition coefficient (Wildman–Crippen LogP) is 8.57. The summed E-state index contributed by atoms with van der Waals surface area (Å²) in [4.78, 5) is 87.8. The lowest BCUT2D eigenvalue weighted by Gasteiger charge is -2.37. The van der Waals surface area contributed by atoms with Crippen molar-refractivity contribution in [1.82, 2.24) is 46.2 Å². The molecule has 8 aliphatic rings. The lowest BCUT2D eigenvalue weighted by Crippen LogP contribution is -2.52. The minimum atomic E-state index is -0.227. The molecular formula is C91H109N21O12S5. The van der Waals surface area contributed by atoms with Gasteiger partial charge in [0.15, 0.2) is 0 Å². The molecule has 20 rings (SSSR count). The van der Waals surface area contributed by atoms with Gasteiger partial charge >= 0.3 is 0 Å². The number of carbonyl (C=O) groups excluding carboxylic acids is 4. The maximum atomic E-state index is 13.0. The zero-order valence-corrected chi connectivity index (χ0v) is 77.1. The zero-order valence-electron chi connectivity index (χ0n) is 73.1. The molecule has 4 saturated heterocycles. The fourth-order valence-corrected chi connectivity index (χ4v) is 23.0. The summed E-state index contributed by atoms with van der Waals surface area (Å²) in [5.41, 5.74) is 63.3. The maximum absolute atomic E-state index is 13.0. The molecule has 0 saturated carbocycles. The van der Waals surface area contributed by atoms with E-state index in [1.165, 1.54) is 56.7 Å². The van der Waals surface area contributed by atoms with Gasteiger partial charge < -0.3 is 125 Å². The van der Waals surface area contributed by atoms with E-state index in [-0.39, 0.29) is 96.4 Å². The molecule has 0 unspecified atom stereocenters. The van der Waals surface area contributed by atoms with E-state index in [1.54, 1.807) is 34.6 Å². The van der Waals surface area contributed by atoms with Crippen molar-refractivity contribution >= 4 is 166 Å². The molecule has 8 aliphatic heterocycles. The number of fused-ring (bicyclic) bond motifs is 8. The summed E-state index contributed by atoms with van der Waals surface area (Å²) in [7, 11) is 6.83. The first kappa shape index (κ1) is 89.9. The van der Waals surface area contributed by atoms with Gasteiger partial charge in [0.25, 0.3) is 23.6 Å². The zero-order chi connectivity index (χ0) is 90.3. The molecule has 0 aliphatic carbocycles. The van der Waals surface area contributed by atoms with Crippen molar-refractivity contribution in [1.29, 1.82) is 0 Å². The van der Waals surface area contributed by atoms with Crippen molar-refractivity contribution in [2.75, 3.05) is 150 Å². The smallest absolute Gasteiger partial charge is 0.263 e. The van der Waals surface area contributed by atoms with Crippen LogP contribution in [0.15, 0.2) is 103 Å². The number of aromatic nitrogens is 5. The number of carbonyl (C=O) groups is 4. The largest absolute Gasteiger partial charge is 0.491 e. The van der Waals surface area contributed by atoms with E-state index in [2.05, 4.69) is 133 Å². The van der Waals surface area contributed by atoms with Crippen molar-refractivity contribution in [2.24, 2.45) is 22.9 Å². The fraction of sp³-hybridized carbons (Fsp3) is 0.418. The maximum Gasteiger partial charge on any atom is 0.263 e. The second-order valence-electron chi connectivity index (χ2n) is 34.0. The van der Waals surface area contributed by atoms with Gasteiger partial charge in [-0.2, -0.15) is 0 Å². The molecule has 33 nitrogen and oxygen atoms in total. The molecule has 0 spiro atoms. The highest BCUT2D eigenvalue weighted by molar-refractivity contribution is 7.29. The number of thiazole rings is 1. The number of pyridine rings is 2. The molecule has 16 heterocycles. The standard InChI is InChI=1S/2C24H29N5O3S.C22H26N6O3S.C21H25N5O3S2/c2*1-13-3-6-17-21(26)22(33-24(17)27-13)23(30)28-15-9-14-4-5-16(10-20(14)32-12-15)29-8-7-19(31-2)18(25)11-29;1-11-7-25-19-18(24)20(32-22(19)26-11)21(29)27-13-5-12-3-4-14(6-16(12)31-10-13)28-8-15(23)17(9-28)30-2;1-10-24-21-19(30-10)17(23)18(31-21)20(27)25-12-5-11-3-4-13(6-15(11)29-9-12)26-7-14(22)16(8-26)28-2/h2*3-6,10,15,18-19H,7-9,11-12,25-26H2,1-2H3,(H,28,30);3-4,6-7,13,15,17H,5,8-10,23-24H2,1-2H3,(H,27,29);3-4,6,12,14,16H,5,7-9,22-23H2,1-2H3,(H,25,27)/t15-,18+,19+;15-,18-,19-;13-,15+,17+;12-,14+,16+/m1111/s1. The fourth-order valence-electron chi connectivity index (χ4n) is 17.8. The number of piperidine rings is 2. The Morgan fingerprint density at radius 2 is 0.713 bits per heavy atom. The van der Waals surface area contributed by atoms with E-state index in [0.29, 0.717) is 105 Å². The monoisotopic (exact) mass is 1850 g/mol. The summed E-state index contributed by atoms with van der Waals surface area (Å²) >= 11 is 6.77. The SMILES string of the molecule is CO[C@@H]1CCN(c2ccc3c(c2)OC[C@H](NC(=O)c2sc4nc(C)ccc4c2N)C3)C[C@H]1N.CO[C@H]1CCN(c2ccc3c(c2)OC[C@H](NC(=O)c2sc4nc(C)ccc4c2N)C3)C[C@@H]1N.CO[C@H]1CN(c2ccc3c(c2)OC[C@H](NC(=O)c2sc4nc(C)cnc4c2N)C3)C[C@@H]1N.CO[C@H]1CN(c2ccc3c(c2)OC[C@H](NC(=O)c2sc4nc(C)sc4c2N)C3)C[C@@H]1N. The normalized spacial score (nSPS) is 22.7. The van der Waals surface area contributed by atoms with Crippen molar-refractivity contribution in [3.8, 4) is 23.0 Å². The Labute approximate surface area is 766 Å². The Balaban J connectivity index is 0.000000121. The summed E-state index contributed by atoms with van der Waals surface area (Å²) in [5.74, 6) is 2.66. The Morgan fingerprint density at radius 1 is 0.380 bits per heavy atom. The number of nitrogens with zero attached hydrogens (tertiary/aromatic N) is 9. The summed E-state index contributed by atoms with van der Waals surface area (Å²) in [6, 6.07) is 32.0. The molecule has 129 heavy (non-hydrogen) atoms. The van der Waals surface area contributed by atoms with Crippen LogP contribution in [0.5, 0.6) is 23.0 Å². The molecule has 20 N–H and O–H groups in total. The van der Waals surface area contributed by atoms with Crippen LogP contribution in [0.2, 0.25) is 0 Å². The number of hydrogen-bond acceptors (Lipinski definition) is 34. The third-order valence-corrected chi connectivity index (χ3v) is 30.4. The lowest BCUT2D eigenvalue weighted by molar-refractivity contribution is 0.0664. The highest BCUT2D eigenvalue weighted by Gasteiger charge is 2.37. The van der Waals surface area contributed by atoms with Gasteiger partial charge in [-0.3, -0.25) is 19.2 Å². The van der Waals surface area contributed by atoms with Crippen LogP contribution in [-0.4, -0.2) is 229 Å². The van der Waals surface area contributed by atoms with Crippen LogP contribution in [0, 0.1) is 27.7 Å². The number of nitrogens with two attached hydrogens (primary N) is 8. The molecule has 12 atom stereocenters. The van der Waals surface area contributed by atoms with E-state index in [4.69, 9.17) is 83.8 Å². The van der Waals surface area contributed by atoms with Gasteiger partial charge in [-0.15, -0.1) is 56.7 Å². The highest BCUT2D eigenvalue weighted by Crippen LogP contribution is 2.42. The third-order valence-electron chi connectivity index (χ3n) is 24.9. The molecule has 680 valence electrons. The van der Waals surface area contributed by atoms with E-state index in [0.717, 1.165) is 185 Å². The Morgan fingerprint density at radius 3 is 1.08 bits per heavy atom. The number of methoxy groups -OCH3 is 4. The van der Waals surface area contributed by atoms with E-state index < -0.39 is 0 Å². The van der Waals surface area contributed by atoms with Crippen molar-refractivity contribution in [3.63, 3.8) is 0 Å². The van der Waals surface area contributed by atoms with Gasteiger partial charge in [-0.25, -0.2) is 24.9 Å². The van der Waals surface area contributed by atoms with E-state index in [9.17, 15) is 19.2 Å². The molecule has 38 heteroatoms. The Hall–Kier alpha value is -11.1. The lowest BCUT2D eigenvalue weighted by atomic mass is 9.99. The van der Waals surface area contributed by atoms with Crippen LogP contribution in [0.3, 0.4) is 0 Å². The van der Waals surface area contributed by atoms with Gasteiger partial charge in [-0.1, -0.05) is 24.3 Å². The van der Waals surface area contributed by atoms with Crippen molar-refractivity contribution < 1.29 is 57.1 Å². The van der Waals surface area contributed by atoms with Crippen LogP contribution < -0.4 is 106 Å². The summed E-state index contributed by atoms with van der Waals surface area (Å²) < 4.78 is 46.8. The van der Waals surface area contributed by atoms with E-state index in [1.807, 2.05) is 58.0 Å². The number of amides is 4. The third kappa shape index (κ3) is 19.4. The molecule has 4 amide bonds. The first-order valence-corrected chi connectivity index (χ1v) is 47.2. The molecule has 0 radical (unpaired) electrons. The second kappa shape index (κ2) is 38.5. The topological polar surface area (TPSA) is 476 Å². The molecule has 4 aromatic carbocycles. The number of anilines is 8. The first-order chi connectivity index (χ1) is 62.2. The first-order valence-electron chi connectivity index (χ1n) is 43.1. The second-order valence-corrected chi connectivity index (χ2v) is 39.2. The minimum absolute atomic E-state index is 0.000562. The summed E-state index contributed by atoms with van der Waals surface area (Å²) in [6.45, 7) is 15.6. The number of thiophene rings is 4. The van der Waals surface area contributed by atoms with Gasteiger partial charge in [0.1, 0.15) is 93.8 Å². The quantitative estimate of drug-likeness (QED) is 0.0431. The average molecular weight is 1850 g/mol. The van der Waals surface area contributed by atoms with Crippen LogP contribution >= 0.6 is 56.7 Å². The number of rotatable bonds is 16. The predicted molar refractivity (Wildman–Crippen MR) is 512 cm³/mol. The highest BCUT2D eigenvalue weighted by atomic mass is 32.1. The van der Waals surface area contributed by atoms with Crippen LogP contribution in [-0.2, 0) is 44.6 Å². The molecule has 0 bridgehead atoms. The number of ether oxygens (including phenoxy) is 8. The average Bonchev–Trinajstić information content (AvgIpc) is 1.60. The summed E-state index contributed by atoms with van der Waals surface area (Å²) in [5, 5.41) is 14.9. The molecule has 12 aromatic rings. The number of aryl methyl sites for hydroxylation is 4. The Kier molecular flexibility index (Phi) is 26.8. The van der Waals surface area contributed by atoms with Crippen molar-refractivity contribution in [2.45, 2.75) is 139 Å². The number of hydrogen-bond donors (Lipinski definition) is 12. The number of benzene rings is 4. The molecule has 8 aromatic heterocycles. The van der Waals surface area contributed by atoms with Gasteiger partial charge in [-0.05, 0) is 137 Å².